The molecule has 21 heavy (non-hydrogen) atoms. The first-order chi connectivity index (χ1) is 9.99. The van der Waals surface area contributed by atoms with Crippen molar-refractivity contribution in [2.75, 3.05) is 6.54 Å². The first-order valence-electron chi connectivity index (χ1n) is 6.85. The van der Waals surface area contributed by atoms with Gasteiger partial charge in [0.05, 0.1) is 0 Å². The molecule has 8 heteroatoms. The number of likely N-dealkylation sites (tertiary alicyclic amines) is 1. The molecule has 8 nitrogen and oxygen atoms in total. The zero-order valence-corrected chi connectivity index (χ0v) is 11.2. The highest BCUT2D eigenvalue weighted by atomic mass is 16.4. The van der Waals surface area contributed by atoms with Gasteiger partial charge >= 0.3 is 11.7 Å². The summed E-state index contributed by atoms with van der Waals surface area (Å²) in [6.07, 6.45) is 3.70. The SMILES string of the molecule is O=C(O)C1C2CCCC2CN1C(=O)c1c[nH]c(=O)[nH]c1=O. The number of nitrogens with one attached hydrogen (secondary N) is 2. The molecule has 2 fully saturated rings. The van der Waals surface area contributed by atoms with Gasteiger partial charge in [-0.2, -0.15) is 0 Å². The van der Waals surface area contributed by atoms with Crippen molar-refractivity contribution >= 4 is 11.9 Å². The number of amides is 1. The van der Waals surface area contributed by atoms with E-state index in [2.05, 4.69) is 4.98 Å². The van der Waals surface area contributed by atoms with Crippen molar-refractivity contribution in [3.05, 3.63) is 32.6 Å². The monoisotopic (exact) mass is 293 g/mol. The van der Waals surface area contributed by atoms with Crippen molar-refractivity contribution in [1.29, 1.82) is 0 Å². The number of fused-ring (bicyclic) bond motifs is 1. The van der Waals surface area contributed by atoms with Gasteiger partial charge < -0.3 is 15.0 Å². The Morgan fingerprint density at radius 3 is 2.71 bits per heavy atom. The predicted molar refractivity (Wildman–Crippen MR) is 71.0 cm³/mol. The third-order valence-corrected chi connectivity index (χ3v) is 4.45. The first kappa shape index (κ1) is 13.6. The highest BCUT2D eigenvalue weighted by Crippen LogP contribution is 2.42. The van der Waals surface area contributed by atoms with E-state index < -0.39 is 29.2 Å². The highest BCUT2D eigenvalue weighted by molar-refractivity contribution is 5.96. The van der Waals surface area contributed by atoms with E-state index in [1.54, 1.807) is 0 Å². The molecule has 2 heterocycles. The van der Waals surface area contributed by atoms with Gasteiger partial charge in [0.1, 0.15) is 11.6 Å². The number of carboxylic acids is 1. The second-order valence-corrected chi connectivity index (χ2v) is 5.58. The number of aromatic amines is 2. The third kappa shape index (κ3) is 2.16. The number of aliphatic carboxylic acids is 1. The Kier molecular flexibility index (Phi) is 3.15. The van der Waals surface area contributed by atoms with E-state index in [0.717, 1.165) is 25.5 Å². The summed E-state index contributed by atoms with van der Waals surface area (Å²) in [7, 11) is 0. The molecule has 3 rings (SSSR count). The smallest absolute Gasteiger partial charge is 0.326 e. The van der Waals surface area contributed by atoms with Crippen LogP contribution >= 0.6 is 0 Å². The molecular weight excluding hydrogens is 278 g/mol. The molecule has 3 unspecified atom stereocenters. The number of rotatable bonds is 2. The minimum absolute atomic E-state index is 0.0479. The standard InChI is InChI=1S/C13H15N3O5/c17-10-8(4-14-13(21)15-10)11(18)16-5-6-2-1-3-7(6)9(16)12(19)20/h4,6-7,9H,1-3,5H2,(H,19,20)(H2,14,15,17,21). The van der Waals surface area contributed by atoms with Gasteiger partial charge in [-0.15, -0.1) is 0 Å². The van der Waals surface area contributed by atoms with E-state index in [0.29, 0.717) is 6.54 Å². The van der Waals surface area contributed by atoms with Crippen molar-refractivity contribution < 1.29 is 14.7 Å². The largest absolute Gasteiger partial charge is 0.480 e. The maximum Gasteiger partial charge on any atom is 0.326 e. The van der Waals surface area contributed by atoms with Crippen LogP contribution in [-0.2, 0) is 4.79 Å². The third-order valence-electron chi connectivity index (χ3n) is 4.45. The van der Waals surface area contributed by atoms with Gasteiger partial charge in [0.2, 0.25) is 0 Å². The average Bonchev–Trinajstić information content (AvgIpc) is 2.96. The van der Waals surface area contributed by atoms with Gasteiger partial charge in [-0.1, -0.05) is 6.42 Å². The average molecular weight is 293 g/mol. The fourth-order valence-electron chi connectivity index (χ4n) is 3.55. The lowest BCUT2D eigenvalue weighted by Gasteiger charge is -2.23. The molecule has 3 atom stereocenters. The molecule has 0 spiro atoms. The Morgan fingerprint density at radius 2 is 2.05 bits per heavy atom. The van der Waals surface area contributed by atoms with Crippen LogP contribution in [0.15, 0.2) is 15.8 Å². The van der Waals surface area contributed by atoms with E-state index in [4.69, 9.17) is 0 Å². The molecule has 1 saturated heterocycles. The molecule has 1 saturated carbocycles. The molecule has 0 radical (unpaired) electrons. The van der Waals surface area contributed by atoms with Crippen LogP contribution < -0.4 is 11.2 Å². The Morgan fingerprint density at radius 1 is 1.29 bits per heavy atom. The Labute approximate surface area is 118 Å². The van der Waals surface area contributed by atoms with Crippen LogP contribution in [0.1, 0.15) is 29.6 Å². The first-order valence-corrected chi connectivity index (χ1v) is 6.85. The summed E-state index contributed by atoms with van der Waals surface area (Å²) in [5.74, 6) is -1.56. The molecule has 112 valence electrons. The normalized spacial score (nSPS) is 27.6. The van der Waals surface area contributed by atoms with Crippen LogP contribution in [0.25, 0.3) is 0 Å². The van der Waals surface area contributed by atoms with Crippen LogP contribution in [0.3, 0.4) is 0 Å². The second-order valence-electron chi connectivity index (χ2n) is 5.58. The minimum Gasteiger partial charge on any atom is -0.480 e. The Balaban J connectivity index is 1.95. The van der Waals surface area contributed by atoms with Crippen molar-refractivity contribution in [3.8, 4) is 0 Å². The van der Waals surface area contributed by atoms with Crippen molar-refractivity contribution in [2.45, 2.75) is 25.3 Å². The minimum atomic E-state index is -1.04. The number of hydrogen-bond acceptors (Lipinski definition) is 4. The number of nitrogens with zero attached hydrogens (tertiary/aromatic N) is 1. The summed E-state index contributed by atoms with van der Waals surface area (Å²) in [6.45, 7) is 0.346. The number of hydrogen-bond donors (Lipinski definition) is 3. The molecule has 1 aliphatic heterocycles. The molecule has 2 aliphatic rings. The van der Waals surface area contributed by atoms with Crippen LogP contribution in [0.5, 0.6) is 0 Å². The highest BCUT2D eigenvalue weighted by Gasteiger charge is 2.49. The lowest BCUT2D eigenvalue weighted by molar-refractivity contribution is -0.142. The summed E-state index contributed by atoms with van der Waals surface area (Å²) >= 11 is 0. The van der Waals surface area contributed by atoms with Crippen molar-refractivity contribution in [3.63, 3.8) is 0 Å². The Bertz CT molecular complexity index is 706. The van der Waals surface area contributed by atoms with E-state index >= 15 is 0 Å². The molecule has 0 aromatic carbocycles. The summed E-state index contributed by atoms with van der Waals surface area (Å²) in [5.41, 5.74) is -1.74. The fourth-order valence-corrected chi connectivity index (χ4v) is 3.55. The van der Waals surface area contributed by atoms with Crippen molar-refractivity contribution in [2.24, 2.45) is 11.8 Å². The number of aromatic nitrogens is 2. The van der Waals surface area contributed by atoms with Crippen LogP contribution in [0.2, 0.25) is 0 Å². The summed E-state index contributed by atoms with van der Waals surface area (Å²) in [4.78, 5) is 52.1. The number of H-pyrrole nitrogens is 2. The number of carboxylic acid groups (broad SMARTS) is 1. The van der Waals surface area contributed by atoms with E-state index in [9.17, 15) is 24.3 Å². The lowest BCUT2D eigenvalue weighted by atomic mass is 9.94. The second kappa shape index (κ2) is 4.87. The molecule has 1 aliphatic carbocycles. The molecular formula is C13H15N3O5. The fraction of sp³-hybridized carbons (Fsp3) is 0.538. The summed E-state index contributed by atoms with van der Waals surface area (Å²) in [5, 5.41) is 9.40. The van der Waals surface area contributed by atoms with E-state index in [-0.39, 0.29) is 17.4 Å². The molecule has 1 aromatic rings. The van der Waals surface area contributed by atoms with E-state index in [1.165, 1.54) is 4.90 Å². The quantitative estimate of drug-likeness (QED) is 0.671. The number of carbonyl (C=O) groups is 2. The summed E-state index contributed by atoms with van der Waals surface area (Å²) in [6, 6.07) is -0.892. The Hall–Kier alpha value is -2.38. The van der Waals surface area contributed by atoms with Crippen molar-refractivity contribution in [1.82, 2.24) is 14.9 Å². The van der Waals surface area contributed by atoms with Crippen LogP contribution in [-0.4, -0.2) is 44.4 Å². The zero-order chi connectivity index (χ0) is 15.1. The van der Waals surface area contributed by atoms with Crippen LogP contribution in [0.4, 0.5) is 0 Å². The zero-order valence-electron chi connectivity index (χ0n) is 11.2. The topological polar surface area (TPSA) is 123 Å². The van der Waals surface area contributed by atoms with Gasteiger partial charge in [0.25, 0.3) is 11.5 Å². The lowest BCUT2D eigenvalue weighted by Crippen LogP contribution is -2.45. The molecule has 1 aromatic heterocycles. The molecule has 3 N–H and O–H groups in total. The maximum atomic E-state index is 12.4. The molecule has 1 amide bonds. The predicted octanol–water partition coefficient (Wildman–Crippen LogP) is -0.611. The van der Waals surface area contributed by atoms with Gasteiger partial charge in [-0.05, 0) is 24.7 Å². The van der Waals surface area contributed by atoms with E-state index in [1.807, 2.05) is 4.98 Å². The maximum absolute atomic E-state index is 12.4. The van der Waals surface area contributed by atoms with Crippen LogP contribution in [0, 0.1) is 11.8 Å². The molecule has 0 bridgehead atoms. The van der Waals surface area contributed by atoms with Gasteiger partial charge in [0.15, 0.2) is 0 Å². The number of carbonyl (C=O) groups excluding carboxylic acids is 1. The summed E-state index contributed by atoms with van der Waals surface area (Å²) < 4.78 is 0. The van der Waals surface area contributed by atoms with Gasteiger partial charge in [-0.25, -0.2) is 9.59 Å². The van der Waals surface area contributed by atoms with Gasteiger partial charge in [0, 0.05) is 12.7 Å². The van der Waals surface area contributed by atoms with Gasteiger partial charge in [-0.3, -0.25) is 14.6 Å².